The molecule has 0 aromatic heterocycles. The summed E-state index contributed by atoms with van der Waals surface area (Å²) in [6.45, 7) is 0.603. The van der Waals surface area contributed by atoms with E-state index in [4.69, 9.17) is 0 Å². The lowest BCUT2D eigenvalue weighted by atomic mass is 9.91. The zero-order chi connectivity index (χ0) is 21.8. The van der Waals surface area contributed by atoms with E-state index < -0.39 is 4.08 Å². The van der Waals surface area contributed by atoms with Crippen LogP contribution in [-0.2, 0) is 11.3 Å². The summed E-state index contributed by atoms with van der Waals surface area (Å²) in [5.41, 5.74) is 2.31. The Morgan fingerprint density at radius 3 is 1.56 bits per heavy atom. The Labute approximate surface area is 197 Å². The van der Waals surface area contributed by atoms with Crippen LogP contribution >= 0.6 is 23.5 Å². The maximum atomic E-state index is 14.0. The zero-order valence-electron chi connectivity index (χ0n) is 17.5. The van der Waals surface area contributed by atoms with Crippen molar-refractivity contribution in [2.45, 2.75) is 26.5 Å². The molecule has 0 unspecified atom stereocenters. The summed E-state index contributed by atoms with van der Waals surface area (Å²) in [7, 11) is 0. The van der Waals surface area contributed by atoms with Gasteiger partial charge in [0.15, 0.2) is 4.08 Å². The number of amides is 1. The van der Waals surface area contributed by atoms with E-state index in [1.807, 2.05) is 65.6 Å². The molecule has 32 heavy (non-hydrogen) atoms. The first-order chi connectivity index (χ1) is 15.8. The second-order valence-corrected chi connectivity index (χ2v) is 10.6. The molecule has 1 heterocycles. The highest BCUT2D eigenvalue weighted by Crippen LogP contribution is 2.62. The van der Waals surface area contributed by atoms with Gasteiger partial charge in [-0.15, -0.1) is 0 Å². The molecule has 1 amide bonds. The summed E-state index contributed by atoms with van der Waals surface area (Å²) < 4.78 is -0.668. The molecular weight excluding hydrogens is 430 g/mol. The molecule has 1 saturated heterocycles. The van der Waals surface area contributed by atoms with E-state index in [2.05, 4.69) is 60.7 Å². The summed E-state index contributed by atoms with van der Waals surface area (Å²) in [4.78, 5) is 18.2. The van der Waals surface area contributed by atoms with Crippen LogP contribution in [0.15, 0.2) is 131 Å². The Hall–Kier alpha value is -2.95. The zero-order valence-corrected chi connectivity index (χ0v) is 19.1. The predicted octanol–water partition coefficient (Wildman–Crippen LogP) is 7.05. The number of thioether (sulfide) groups is 2. The molecule has 0 N–H and O–H groups in total. The average molecular weight is 454 g/mol. The van der Waals surface area contributed by atoms with Crippen LogP contribution in [0.4, 0.5) is 0 Å². The highest BCUT2D eigenvalue weighted by atomic mass is 32.2. The number of nitrogens with zero attached hydrogens (tertiary/aromatic N) is 1. The van der Waals surface area contributed by atoms with Gasteiger partial charge in [0.05, 0.1) is 6.04 Å². The lowest BCUT2D eigenvalue weighted by Gasteiger charge is -2.55. The number of benzene rings is 4. The van der Waals surface area contributed by atoms with E-state index in [1.165, 1.54) is 0 Å². The number of hydrogen-bond acceptors (Lipinski definition) is 3. The topological polar surface area (TPSA) is 20.3 Å². The van der Waals surface area contributed by atoms with Crippen LogP contribution in [0.25, 0.3) is 0 Å². The van der Waals surface area contributed by atoms with Gasteiger partial charge in [-0.1, -0.05) is 121 Å². The smallest absolute Gasteiger partial charge is 0.253 e. The van der Waals surface area contributed by atoms with Crippen molar-refractivity contribution in [3.05, 3.63) is 132 Å². The summed E-state index contributed by atoms with van der Waals surface area (Å²) in [5, 5.41) is 0. The van der Waals surface area contributed by atoms with E-state index in [0.717, 1.165) is 20.9 Å². The normalized spacial score (nSPS) is 17.1. The van der Waals surface area contributed by atoms with Crippen LogP contribution in [0.3, 0.4) is 0 Å². The molecule has 0 saturated carbocycles. The summed E-state index contributed by atoms with van der Waals surface area (Å²) >= 11 is 3.34. The number of hydrogen-bond donors (Lipinski definition) is 0. The molecule has 1 aliphatic heterocycles. The number of carbonyl (C=O) groups excluding carboxylic acids is 1. The number of rotatable bonds is 7. The van der Waals surface area contributed by atoms with Gasteiger partial charge in [-0.05, 0) is 35.4 Å². The third kappa shape index (κ3) is 4.08. The van der Waals surface area contributed by atoms with Crippen molar-refractivity contribution in [1.29, 1.82) is 0 Å². The molecule has 4 heteroatoms. The fourth-order valence-electron chi connectivity index (χ4n) is 4.10. The van der Waals surface area contributed by atoms with Crippen molar-refractivity contribution in [2.24, 2.45) is 0 Å². The maximum absolute atomic E-state index is 14.0. The van der Waals surface area contributed by atoms with Crippen LogP contribution < -0.4 is 0 Å². The molecule has 1 aliphatic rings. The van der Waals surface area contributed by atoms with Gasteiger partial charge < -0.3 is 4.90 Å². The van der Waals surface area contributed by atoms with E-state index in [-0.39, 0.29) is 11.9 Å². The Kier molecular flexibility index (Phi) is 6.06. The van der Waals surface area contributed by atoms with Crippen molar-refractivity contribution >= 4 is 29.4 Å². The molecule has 5 rings (SSSR count). The summed E-state index contributed by atoms with van der Waals surface area (Å²) in [5.74, 6) is 0.165. The Balaban J connectivity index is 1.58. The molecule has 1 atom stereocenters. The molecule has 0 aliphatic carbocycles. The van der Waals surface area contributed by atoms with Gasteiger partial charge in [0, 0.05) is 16.3 Å². The maximum Gasteiger partial charge on any atom is 0.253 e. The van der Waals surface area contributed by atoms with Crippen molar-refractivity contribution in [1.82, 2.24) is 4.90 Å². The summed E-state index contributed by atoms with van der Waals surface area (Å²) in [6, 6.07) is 41.1. The number of likely N-dealkylation sites (tertiary alicyclic amines) is 1. The van der Waals surface area contributed by atoms with Gasteiger partial charge in [-0.25, -0.2) is 0 Å². The molecule has 1 fully saturated rings. The van der Waals surface area contributed by atoms with Crippen molar-refractivity contribution in [3.63, 3.8) is 0 Å². The second kappa shape index (κ2) is 9.27. The van der Waals surface area contributed by atoms with E-state index in [9.17, 15) is 4.79 Å². The molecule has 4 aromatic rings. The molecular formula is C28H23NOS2. The molecule has 0 radical (unpaired) electrons. The first kappa shape index (κ1) is 20.9. The van der Waals surface area contributed by atoms with Crippen LogP contribution in [0.5, 0.6) is 0 Å². The fourth-order valence-corrected chi connectivity index (χ4v) is 7.29. The van der Waals surface area contributed by atoms with Crippen LogP contribution in [0, 0.1) is 0 Å². The predicted molar refractivity (Wildman–Crippen MR) is 134 cm³/mol. The molecule has 4 aromatic carbocycles. The average Bonchev–Trinajstić information content (AvgIpc) is 2.86. The second-order valence-electron chi connectivity index (χ2n) is 7.73. The third-order valence-corrected chi connectivity index (χ3v) is 8.49. The quantitative estimate of drug-likeness (QED) is 0.221. The van der Waals surface area contributed by atoms with Crippen molar-refractivity contribution in [3.8, 4) is 0 Å². The molecule has 2 nitrogen and oxygen atoms in total. The van der Waals surface area contributed by atoms with Gasteiger partial charge in [0.25, 0.3) is 5.91 Å². The van der Waals surface area contributed by atoms with E-state index in [0.29, 0.717) is 6.54 Å². The minimum absolute atomic E-state index is 0.0492. The number of carbonyl (C=O) groups is 1. The van der Waals surface area contributed by atoms with Crippen molar-refractivity contribution in [2.75, 3.05) is 0 Å². The van der Waals surface area contributed by atoms with Gasteiger partial charge in [-0.3, -0.25) is 4.79 Å². The molecule has 158 valence electrons. The Morgan fingerprint density at radius 1 is 0.625 bits per heavy atom. The largest absolute Gasteiger partial charge is 0.326 e. The van der Waals surface area contributed by atoms with Gasteiger partial charge >= 0.3 is 0 Å². The van der Waals surface area contributed by atoms with Crippen LogP contribution in [0.2, 0.25) is 0 Å². The Bertz CT molecular complexity index is 1130. The van der Waals surface area contributed by atoms with Crippen LogP contribution in [0.1, 0.15) is 17.2 Å². The minimum Gasteiger partial charge on any atom is -0.326 e. The monoisotopic (exact) mass is 453 g/mol. The first-order valence-corrected chi connectivity index (χ1v) is 12.3. The SMILES string of the molecule is O=C1N(Cc2ccccc2)[C@H](c2ccccc2)C1(Sc1ccccc1)Sc1ccccc1. The van der Waals surface area contributed by atoms with Crippen molar-refractivity contribution < 1.29 is 4.79 Å². The van der Waals surface area contributed by atoms with Gasteiger partial charge in [0.2, 0.25) is 0 Å². The Morgan fingerprint density at radius 2 is 1.06 bits per heavy atom. The first-order valence-electron chi connectivity index (χ1n) is 10.6. The third-order valence-electron chi connectivity index (χ3n) is 5.57. The van der Waals surface area contributed by atoms with Crippen LogP contribution in [-0.4, -0.2) is 14.9 Å². The van der Waals surface area contributed by atoms with E-state index in [1.54, 1.807) is 23.5 Å². The number of β-lactam (4-membered cyclic amide) rings is 1. The van der Waals surface area contributed by atoms with Gasteiger partial charge in [0.1, 0.15) is 0 Å². The standard InChI is InChI=1S/C28H23NOS2/c30-27-28(31-24-17-9-3-10-18-24,32-25-19-11-4-12-20-25)26(23-15-7-2-8-16-23)29(27)21-22-13-5-1-6-14-22/h1-20,26H,21H2/t26-/m1/s1. The van der Waals surface area contributed by atoms with E-state index >= 15 is 0 Å². The lowest BCUT2D eigenvalue weighted by molar-refractivity contribution is -0.148. The molecule has 0 bridgehead atoms. The summed E-state index contributed by atoms with van der Waals surface area (Å²) in [6.07, 6.45) is 0. The highest BCUT2D eigenvalue weighted by Gasteiger charge is 2.62. The highest BCUT2D eigenvalue weighted by molar-refractivity contribution is 8.19. The fraction of sp³-hybridized carbons (Fsp3) is 0.107. The molecule has 0 spiro atoms. The van der Waals surface area contributed by atoms with Gasteiger partial charge in [-0.2, -0.15) is 0 Å². The lowest BCUT2D eigenvalue weighted by Crippen LogP contribution is -2.64. The minimum atomic E-state index is -0.668.